The molecule has 4 aromatic carbocycles. The lowest BCUT2D eigenvalue weighted by Crippen LogP contribution is -2.52. The lowest BCUT2D eigenvalue weighted by Gasteiger charge is -2.49. The zero-order chi connectivity index (χ0) is 36.4. The van der Waals surface area contributed by atoms with Crippen LogP contribution in [-0.2, 0) is 4.79 Å². The van der Waals surface area contributed by atoms with Crippen molar-refractivity contribution in [3.8, 4) is 5.75 Å². The predicted octanol–water partition coefficient (Wildman–Crippen LogP) is 10.1. The number of hydrogen-bond donors (Lipinski definition) is 1. The lowest BCUT2D eigenvalue weighted by atomic mass is 9.64. The fourth-order valence-electron chi connectivity index (χ4n) is 9.54. The highest BCUT2D eigenvalue weighted by Crippen LogP contribution is 2.56. The molecular weight excluding hydrogens is 645 g/mol. The van der Waals surface area contributed by atoms with E-state index in [1.807, 2.05) is 74.2 Å². The normalized spacial score (nSPS) is 22.3. The Morgan fingerprint density at radius 2 is 1.54 bits per heavy atom. The van der Waals surface area contributed by atoms with Gasteiger partial charge in [-0.1, -0.05) is 87.2 Å². The van der Waals surface area contributed by atoms with Gasteiger partial charge in [0.05, 0.1) is 22.1 Å². The van der Waals surface area contributed by atoms with Gasteiger partial charge in [0.2, 0.25) is 5.91 Å². The molecular formula is C45H52N4O3. The second-order valence-corrected chi connectivity index (χ2v) is 17.3. The van der Waals surface area contributed by atoms with Crippen molar-refractivity contribution in [2.45, 2.75) is 122 Å². The molecule has 2 saturated carbocycles. The van der Waals surface area contributed by atoms with Gasteiger partial charge in [0.1, 0.15) is 17.4 Å². The molecule has 4 unspecified atom stereocenters. The van der Waals surface area contributed by atoms with Crippen molar-refractivity contribution in [3.63, 3.8) is 0 Å². The third-order valence-corrected chi connectivity index (χ3v) is 11.9. The van der Waals surface area contributed by atoms with Crippen LogP contribution in [-0.4, -0.2) is 43.9 Å². The molecule has 4 atom stereocenters. The summed E-state index contributed by atoms with van der Waals surface area (Å²) in [4.78, 5) is 41.8. The molecule has 1 N–H and O–H groups in total. The van der Waals surface area contributed by atoms with Gasteiger partial charge in [-0.3, -0.25) is 9.59 Å². The standard InChI is InChI=1S/C45H52N4O3/c1-27-21-23-34-33(25-27)37-39-38(31-19-13-14-20-32(31)41(37)52-45(34,5)6)46-35-24-22-29(26-36(35)47-39)43(51)49(30-17-11-8-12-18-30)40(28-15-9-7-10-16-28)42(50)48-44(2,3)4/h7,9-10,13-16,19-20,22,24,26-27,30,33-34,40H,8,11-12,17-18,21,23,25H2,1-6H3,(H,48,50). The van der Waals surface area contributed by atoms with Crippen LogP contribution in [0, 0.1) is 11.8 Å². The summed E-state index contributed by atoms with van der Waals surface area (Å²) in [5, 5.41) is 5.31. The predicted molar refractivity (Wildman–Crippen MR) is 209 cm³/mol. The van der Waals surface area contributed by atoms with Crippen molar-refractivity contribution in [2.24, 2.45) is 11.8 Å². The van der Waals surface area contributed by atoms with E-state index in [1.165, 1.54) is 12.0 Å². The molecule has 2 heterocycles. The Morgan fingerprint density at radius 3 is 2.27 bits per heavy atom. The molecule has 7 nitrogen and oxygen atoms in total. The monoisotopic (exact) mass is 696 g/mol. The smallest absolute Gasteiger partial charge is 0.255 e. The van der Waals surface area contributed by atoms with E-state index in [2.05, 4.69) is 50.4 Å². The first kappa shape index (κ1) is 34.6. The number of nitrogens with zero attached hydrogens (tertiary/aromatic N) is 3. The molecule has 0 spiro atoms. The van der Waals surface area contributed by atoms with E-state index < -0.39 is 11.6 Å². The molecule has 1 aromatic heterocycles. The Balaban J connectivity index is 1.29. The summed E-state index contributed by atoms with van der Waals surface area (Å²) in [5.74, 6) is 1.91. The minimum Gasteiger partial charge on any atom is -0.487 e. The molecule has 0 saturated heterocycles. The minimum absolute atomic E-state index is 0.0559. The number of rotatable bonds is 5. The maximum atomic E-state index is 15.0. The van der Waals surface area contributed by atoms with E-state index in [0.29, 0.717) is 28.8 Å². The number of amides is 2. The maximum Gasteiger partial charge on any atom is 0.255 e. The van der Waals surface area contributed by atoms with E-state index in [1.54, 1.807) is 0 Å². The third kappa shape index (κ3) is 6.20. The van der Waals surface area contributed by atoms with Gasteiger partial charge in [-0.15, -0.1) is 0 Å². The number of carbonyl (C=O) groups excluding carboxylic acids is 2. The fraction of sp³-hybridized carbons (Fsp3) is 0.467. The van der Waals surface area contributed by atoms with Gasteiger partial charge >= 0.3 is 0 Å². The fourth-order valence-corrected chi connectivity index (χ4v) is 9.54. The Kier molecular flexibility index (Phi) is 8.74. The molecule has 5 aromatic rings. The maximum absolute atomic E-state index is 15.0. The van der Waals surface area contributed by atoms with E-state index >= 15 is 4.79 Å². The average Bonchev–Trinajstić information content (AvgIpc) is 3.12. The molecule has 7 heteroatoms. The van der Waals surface area contributed by atoms with Gasteiger partial charge in [0, 0.05) is 39.4 Å². The molecule has 2 amide bonds. The molecule has 0 bridgehead atoms. The van der Waals surface area contributed by atoms with Crippen molar-refractivity contribution >= 4 is 44.7 Å². The highest BCUT2D eigenvalue weighted by molar-refractivity contribution is 6.11. The van der Waals surface area contributed by atoms with Crippen molar-refractivity contribution in [2.75, 3.05) is 0 Å². The van der Waals surface area contributed by atoms with Gasteiger partial charge in [-0.25, -0.2) is 9.97 Å². The summed E-state index contributed by atoms with van der Waals surface area (Å²) in [7, 11) is 0. The first-order valence-electron chi connectivity index (χ1n) is 19.4. The summed E-state index contributed by atoms with van der Waals surface area (Å²) in [6, 6.07) is 23.1. The number of hydrogen-bond acceptors (Lipinski definition) is 5. The highest BCUT2D eigenvalue weighted by atomic mass is 16.5. The van der Waals surface area contributed by atoms with Crippen molar-refractivity contribution in [3.05, 3.63) is 89.5 Å². The second-order valence-electron chi connectivity index (χ2n) is 17.3. The van der Waals surface area contributed by atoms with Crippen molar-refractivity contribution < 1.29 is 14.3 Å². The van der Waals surface area contributed by atoms with Gasteiger partial charge in [0.15, 0.2) is 0 Å². The van der Waals surface area contributed by atoms with Crippen molar-refractivity contribution in [1.29, 1.82) is 0 Å². The number of aromatic nitrogens is 2. The highest BCUT2D eigenvalue weighted by Gasteiger charge is 2.48. The Bertz CT molecular complexity index is 2170. The molecule has 1 aliphatic heterocycles. The Morgan fingerprint density at radius 1 is 0.846 bits per heavy atom. The zero-order valence-electron chi connectivity index (χ0n) is 31.5. The summed E-state index contributed by atoms with van der Waals surface area (Å²) < 4.78 is 6.98. The molecule has 270 valence electrons. The average molecular weight is 697 g/mol. The van der Waals surface area contributed by atoms with Gasteiger partial charge in [-0.2, -0.15) is 0 Å². The molecule has 2 fully saturated rings. The summed E-state index contributed by atoms with van der Waals surface area (Å²) >= 11 is 0. The van der Waals surface area contributed by atoms with E-state index in [-0.39, 0.29) is 23.5 Å². The number of ether oxygens (including phenoxy) is 1. The number of fused-ring (bicyclic) bond motifs is 9. The van der Waals surface area contributed by atoms with Crippen LogP contribution in [0.15, 0.2) is 72.8 Å². The Hall–Kier alpha value is -4.52. The largest absolute Gasteiger partial charge is 0.487 e. The second kappa shape index (κ2) is 13.2. The first-order valence-corrected chi connectivity index (χ1v) is 19.4. The van der Waals surface area contributed by atoms with Crippen LogP contribution >= 0.6 is 0 Å². The SMILES string of the molecule is CC1CCC2C(C1)c1c(c3ccccc3c3nc4ccc(C(=O)N(C5CCCCC5)C(C(=O)NC(C)(C)C)c5ccccc5)cc4nc13)OC2(C)C. The molecule has 52 heavy (non-hydrogen) atoms. The molecule has 2 aliphatic carbocycles. The molecule has 3 aliphatic rings. The summed E-state index contributed by atoms with van der Waals surface area (Å²) in [6.45, 7) is 12.8. The van der Waals surface area contributed by atoms with Crippen LogP contribution in [0.4, 0.5) is 0 Å². The van der Waals surface area contributed by atoms with Crippen LogP contribution in [0.2, 0.25) is 0 Å². The minimum atomic E-state index is -0.765. The van der Waals surface area contributed by atoms with Gasteiger partial charge in [0.25, 0.3) is 5.91 Å². The molecule has 0 radical (unpaired) electrons. The lowest BCUT2D eigenvalue weighted by molar-refractivity contribution is -0.128. The number of nitrogens with one attached hydrogen (secondary N) is 1. The quantitative estimate of drug-likeness (QED) is 0.146. The van der Waals surface area contributed by atoms with Gasteiger partial charge < -0.3 is 15.0 Å². The van der Waals surface area contributed by atoms with E-state index in [9.17, 15) is 4.79 Å². The van der Waals surface area contributed by atoms with Crippen LogP contribution in [0.5, 0.6) is 5.75 Å². The Labute approximate surface area is 307 Å². The van der Waals surface area contributed by atoms with Crippen LogP contribution in [0.25, 0.3) is 32.8 Å². The summed E-state index contributed by atoms with van der Waals surface area (Å²) in [6.07, 6.45) is 8.35. The van der Waals surface area contributed by atoms with E-state index in [4.69, 9.17) is 14.7 Å². The summed E-state index contributed by atoms with van der Waals surface area (Å²) in [5.41, 5.74) is 4.93. The van der Waals surface area contributed by atoms with E-state index in [0.717, 1.165) is 83.6 Å². The zero-order valence-corrected chi connectivity index (χ0v) is 31.5. The topological polar surface area (TPSA) is 84.4 Å². The number of carbonyl (C=O) groups is 2. The van der Waals surface area contributed by atoms with Gasteiger partial charge in [-0.05, 0) is 95.9 Å². The number of benzene rings is 4. The van der Waals surface area contributed by atoms with Crippen LogP contribution in [0.1, 0.15) is 126 Å². The third-order valence-electron chi connectivity index (χ3n) is 11.9. The van der Waals surface area contributed by atoms with Crippen LogP contribution in [0.3, 0.4) is 0 Å². The van der Waals surface area contributed by atoms with Crippen molar-refractivity contribution in [1.82, 2.24) is 20.2 Å². The van der Waals surface area contributed by atoms with Crippen LogP contribution < -0.4 is 10.1 Å². The first-order chi connectivity index (χ1) is 24.9. The molecule has 8 rings (SSSR count).